The molecule has 1 heterocycles. The van der Waals surface area contributed by atoms with Crippen LogP contribution in [0.25, 0.3) is 0 Å². The minimum atomic E-state index is 0.224. The molecule has 2 heteroatoms. The topological polar surface area (TPSA) is 24.9 Å². The van der Waals surface area contributed by atoms with Gasteiger partial charge in [-0.1, -0.05) is 44.2 Å². The first-order chi connectivity index (χ1) is 9.18. The molecule has 100 valence electrons. The number of aromatic nitrogens is 1. The number of rotatable bonds is 5. The van der Waals surface area contributed by atoms with Crippen molar-refractivity contribution in [3.05, 3.63) is 66.0 Å². The smallest absolute Gasteiger partial charge is 0.0579 e. The van der Waals surface area contributed by atoms with E-state index >= 15 is 0 Å². The average Bonchev–Trinajstić information content (AvgIpc) is 2.46. The van der Waals surface area contributed by atoms with Crippen molar-refractivity contribution in [3.63, 3.8) is 0 Å². The Morgan fingerprint density at radius 1 is 0.842 bits per heavy atom. The summed E-state index contributed by atoms with van der Waals surface area (Å²) in [6.45, 7) is 6.72. The molecule has 0 amide bonds. The predicted molar refractivity (Wildman–Crippen MR) is 80.0 cm³/mol. The van der Waals surface area contributed by atoms with E-state index in [-0.39, 0.29) is 6.04 Å². The van der Waals surface area contributed by atoms with E-state index in [1.54, 1.807) is 0 Å². The second-order valence-corrected chi connectivity index (χ2v) is 5.32. The van der Waals surface area contributed by atoms with Crippen LogP contribution in [-0.2, 0) is 0 Å². The van der Waals surface area contributed by atoms with Crippen LogP contribution in [0.15, 0.2) is 54.9 Å². The fourth-order valence-electron chi connectivity index (χ4n) is 2.04. The highest BCUT2D eigenvalue weighted by Gasteiger charge is 2.17. The molecule has 0 saturated heterocycles. The maximum Gasteiger partial charge on any atom is 0.0579 e. The fraction of sp³-hybridized carbons (Fsp3) is 0.353. The maximum atomic E-state index is 4.11. The van der Waals surface area contributed by atoms with Crippen molar-refractivity contribution in [1.82, 2.24) is 10.3 Å². The largest absolute Gasteiger partial charge is 0.303 e. The summed E-state index contributed by atoms with van der Waals surface area (Å²) >= 11 is 0. The molecule has 0 spiro atoms. The Morgan fingerprint density at radius 2 is 1.42 bits per heavy atom. The summed E-state index contributed by atoms with van der Waals surface area (Å²) in [5.41, 5.74) is 2.55. The molecule has 0 aliphatic rings. The molecule has 1 aromatic carbocycles. The van der Waals surface area contributed by atoms with Gasteiger partial charge in [-0.25, -0.2) is 0 Å². The molecular formula is C17H22N2. The molecule has 2 unspecified atom stereocenters. The molecule has 2 aromatic rings. The van der Waals surface area contributed by atoms with Gasteiger partial charge in [0.2, 0.25) is 0 Å². The van der Waals surface area contributed by atoms with E-state index in [1.165, 1.54) is 11.1 Å². The average molecular weight is 254 g/mol. The van der Waals surface area contributed by atoms with Gasteiger partial charge in [0.15, 0.2) is 0 Å². The van der Waals surface area contributed by atoms with Crippen molar-refractivity contribution in [3.8, 4) is 0 Å². The van der Waals surface area contributed by atoms with Gasteiger partial charge in [0.05, 0.1) is 6.04 Å². The molecule has 0 aliphatic heterocycles. The van der Waals surface area contributed by atoms with E-state index < -0.39 is 0 Å². The highest BCUT2D eigenvalue weighted by Crippen LogP contribution is 2.22. The van der Waals surface area contributed by atoms with Crippen LogP contribution in [0.1, 0.15) is 37.9 Å². The van der Waals surface area contributed by atoms with E-state index in [0.717, 1.165) is 0 Å². The van der Waals surface area contributed by atoms with E-state index in [0.29, 0.717) is 12.0 Å². The van der Waals surface area contributed by atoms with Crippen LogP contribution in [0.2, 0.25) is 0 Å². The Kier molecular flexibility index (Phi) is 4.69. The lowest BCUT2D eigenvalue weighted by Gasteiger charge is -2.26. The standard InChI is InChI=1S/C17H22N2/c1-13(2)14(3)19-17(15-7-5-4-6-8-15)16-9-11-18-12-10-16/h4-14,17,19H,1-3H3. The van der Waals surface area contributed by atoms with Gasteiger partial charge in [-0.3, -0.25) is 4.98 Å². The zero-order valence-electron chi connectivity index (χ0n) is 11.9. The van der Waals surface area contributed by atoms with Crippen LogP contribution in [0.3, 0.4) is 0 Å². The Labute approximate surface area is 115 Å². The third-order valence-electron chi connectivity index (χ3n) is 3.60. The number of nitrogens with zero attached hydrogens (tertiary/aromatic N) is 1. The van der Waals surface area contributed by atoms with Gasteiger partial charge in [0, 0.05) is 18.4 Å². The second-order valence-electron chi connectivity index (χ2n) is 5.32. The van der Waals surface area contributed by atoms with Crippen molar-refractivity contribution in [1.29, 1.82) is 0 Å². The van der Waals surface area contributed by atoms with Gasteiger partial charge in [0.1, 0.15) is 0 Å². The third kappa shape index (κ3) is 3.65. The number of hydrogen-bond donors (Lipinski definition) is 1. The SMILES string of the molecule is CC(C)C(C)NC(c1ccccc1)c1ccncc1. The van der Waals surface area contributed by atoms with Gasteiger partial charge in [-0.15, -0.1) is 0 Å². The van der Waals surface area contributed by atoms with Gasteiger partial charge < -0.3 is 5.32 Å². The molecule has 0 bridgehead atoms. The summed E-state index contributed by atoms with van der Waals surface area (Å²) in [6, 6.07) is 15.4. The van der Waals surface area contributed by atoms with Crippen molar-refractivity contribution in [2.75, 3.05) is 0 Å². The van der Waals surface area contributed by atoms with Crippen molar-refractivity contribution < 1.29 is 0 Å². The highest BCUT2D eigenvalue weighted by molar-refractivity contribution is 5.30. The van der Waals surface area contributed by atoms with E-state index in [2.05, 4.69) is 73.5 Å². The lowest BCUT2D eigenvalue weighted by molar-refractivity contribution is 0.399. The third-order valence-corrected chi connectivity index (χ3v) is 3.60. The lowest BCUT2D eigenvalue weighted by atomic mass is 9.96. The van der Waals surface area contributed by atoms with Gasteiger partial charge in [-0.2, -0.15) is 0 Å². The number of pyridine rings is 1. The van der Waals surface area contributed by atoms with E-state index in [9.17, 15) is 0 Å². The fourth-order valence-corrected chi connectivity index (χ4v) is 2.04. The molecule has 0 aliphatic carbocycles. The number of nitrogens with one attached hydrogen (secondary N) is 1. The molecule has 1 N–H and O–H groups in total. The summed E-state index contributed by atoms with van der Waals surface area (Å²) in [5, 5.41) is 3.72. The first-order valence-corrected chi connectivity index (χ1v) is 6.89. The Hall–Kier alpha value is -1.67. The normalized spacial score (nSPS) is 14.3. The Bertz CT molecular complexity index is 440. The van der Waals surface area contributed by atoms with Crippen LogP contribution in [0.5, 0.6) is 0 Å². The van der Waals surface area contributed by atoms with Crippen LogP contribution >= 0.6 is 0 Å². The van der Waals surface area contributed by atoms with Crippen LogP contribution < -0.4 is 5.32 Å². The van der Waals surface area contributed by atoms with Gasteiger partial charge >= 0.3 is 0 Å². The highest BCUT2D eigenvalue weighted by atomic mass is 15.0. The molecule has 2 atom stereocenters. The predicted octanol–water partition coefficient (Wildman–Crippen LogP) is 3.81. The zero-order chi connectivity index (χ0) is 13.7. The number of benzene rings is 1. The maximum absolute atomic E-state index is 4.11. The van der Waals surface area contributed by atoms with E-state index in [4.69, 9.17) is 0 Å². The van der Waals surface area contributed by atoms with Crippen LogP contribution in [0.4, 0.5) is 0 Å². The Morgan fingerprint density at radius 3 is 2.00 bits per heavy atom. The van der Waals surface area contributed by atoms with Crippen LogP contribution in [-0.4, -0.2) is 11.0 Å². The Balaban J connectivity index is 2.29. The van der Waals surface area contributed by atoms with Crippen molar-refractivity contribution >= 4 is 0 Å². The molecule has 0 radical (unpaired) electrons. The summed E-state index contributed by atoms with van der Waals surface area (Å²) < 4.78 is 0. The number of hydrogen-bond acceptors (Lipinski definition) is 2. The summed E-state index contributed by atoms with van der Waals surface area (Å²) in [5.74, 6) is 0.605. The molecule has 0 fully saturated rings. The second kappa shape index (κ2) is 6.48. The summed E-state index contributed by atoms with van der Waals surface area (Å²) in [6.07, 6.45) is 3.71. The van der Waals surface area contributed by atoms with Crippen molar-refractivity contribution in [2.24, 2.45) is 5.92 Å². The first kappa shape index (κ1) is 13.8. The summed E-state index contributed by atoms with van der Waals surface area (Å²) in [4.78, 5) is 4.11. The first-order valence-electron chi connectivity index (χ1n) is 6.89. The van der Waals surface area contributed by atoms with Crippen molar-refractivity contribution in [2.45, 2.75) is 32.9 Å². The quantitative estimate of drug-likeness (QED) is 0.877. The summed E-state index contributed by atoms with van der Waals surface area (Å²) in [7, 11) is 0. The van der Waals surface area contributed by atoms with E-state index in [1.807, 2.05) is 12.4 Å². The molecule has 1 aromatic heterocycles. The molecule has 0 saturated carbocycles. The van der Waals surface area contributed by atoms with Gasteiger partial charge in [0.25, 0.3) is 0 Å². The zero-order valence-corrected chi connectivity index (χ0v) is 11.9. The molecular weight excluding hydrogens is 232 g/mol. The molecule has 2 nitrogen and oxygen atoms in total. The molecule has 2 rings (SSSR count). The lowest BCUT2D eigenvalue weighted by Crippen LogP contribution is -2.34. The van der Waals surface area contributed by atoms with Crippen LogP contribution in [0, 0.1) is 5.92 Å². The van der Waals surface area contributed by atoms with Gasteiger partial charge in [-0.05, 0) is 36.1 Å². The monoisotopic (exact) mass is 254 g/mol. The molecule has 19 heavy (non-hydrogen) atoms. The minimum Gasteiger partial charge on any atom is -0.303 e. The minimum absolute atomic E-state index is 0.224.